The lowest BCUT2D eigenvalue weighted by Gasteiger charge is -2.09. The molecule has 0 saturated heterocycles. The molecule has 0 atom stereocenters. The first-order valence-electron chi connectivity index (χ1n) is 9.28. The van der Waals surface area contributed by atoms with Crippen molar-refractivity contribution in [2.75, 3.05) is 20.3 Å². The number of ether oxygens (including phenoxy) is 2. The molecule has 4 aromatic rings. The zero-order valence-electron chi connectivity index (χ0n) is 16.4. The highest BCUT2D eigenvalue weighted by Gasteiger charge is 2.13. The molecular formula is C21H17BrFN5O3. The van der Waals surface area contributed by atoms with Crippen LogP contribution in [0.15, 0.2) is 59.1 Å². The SMILES string of the molecule is COc1ccc(Br)c(C(=O)NCCOc2ccc3nnc(-c4cccc(F)c4)n3n2)c1. The Morgan fingerprint density at radius 1 is 1.16 bits per heavy atom. The first-order valence-corrected chi connectivity index (χ1v) is 10.1. The maximum Gasteiger partial charge on any atom is 0.252 e. The Hall–Kier alpha value is -3.53. The van der Waals surface area contributed by atoms with Crippen LogP contribution in [0.3, 0.4) is 0 Å². The van der Waals surface area contributed by atoms with Crippen LogP contribution in [0.25, 0.3) is 17.0 Å². The summed E-state index contributed by atoms with van der Waals surface area (Å²) in [6.07, 6.45) is 0. The Bertz CT molecular complexity index is 1250. The minimum Gasteiger partial charge on any atom is -0.497 e. The van der Waals surface area contributed by atoms with Crippen LogP contribution in [0, 0.1) is 5.82 Å². The molecule has 0 unspecified atom stereocenters. The van der Waals surface area contributed by atoms with E-state index in [2.05, 4.69) is 36.5 Å². The monoisotopic (exact) mass is 485 g/mol. The van der Waals surface area contributed by atoms with Gasteiger partial charge in [-0.3, -0.25) is 4.79 Å². The number of fused-ring (bicyclic) bond motifs is 1. The lowest BCUT2D eigenvalue weighted by Crippen LogP contribution is -2.28. The summed E-state index contributed by atoms with van der Waals surface area (Å²) < 4.78 is 26.5. The molecule has 4 rings (SSSR count). The highest BCUT2D eigenvalue weighted by molar-refractivity contribution is 9.10. The summed E-state index contributed by atoms with van der Waals surface area (Å²) in [7, 11) is 1.54. The minimum atomic E-state index is -0.375. The van der Waals surface area contributed by atoms with Crippen LogP contribution in [0.5, 0.6) is 11.6 Å². The van der Waals surface area contributed by atoms with Crippen molar-refractivity contribution in [2.24, 2.45) is 0 Å². The van der Waals surface area contributed by atoms with E-state index in [1.54, 1.807) is 42.5 Å². The number of hydrogen-bond donors (Lipinski definition) is 1. The molecule has 2 aromatic carbocycles. The fourth-order valence-corrected chi connectivity index (χ4v) is 3.30. The second-order valence-corrected chi connectivity index (χ2v) is 7.28. The molecule has 2 heterocycles. The van der Waals surface area contributed by atoms with Crippen molar-refractivity contribution in [3.05, 3.63) is 70.5 Å². The van der Waals surface area contributed by atoms with Crippen LogP contribution in [-0.4, -0.2) is 46.0 Å². The summed E-state index contributed by atoms with van der Waals surface area (Å²) in [5, 5.41) is 15.3. The number of aromatic nitrogens is 4. The Morgan fingerprint density at radius 2 is 2.03 bits per heavy atom. The molecule has 0 saturated carbocycles. The molecule has 0 aliphatic heterocycles. The quantitative estimate of drug-likeness (QED) is 0.402. The van der Waals surface area contributed by atoms with E-state index in [1.165, 1.54) is 23.8 Å². The van der Waals surface area contributed by atoms with Crippen LogP contribution in [0.1, 0.15) is 10.4 Å². The second kappa shape index (κ2) is 9.09. The van der Waals surface area contributed by atoms with Gasteiger partial charge >= 0.3 is 0 Å². The molecule has 0 aliphatic carbocycles. The third-order valence-corrected chi connectivity index (χ3v) is 5.07. The molecule has 1 N–H and O–H groups in total. The molecule has 0 radical (unpaired) electrons. The van der Waals surface area contributed by atoms with Crippen LogP contribution < -0.4 is 14.8 Å². The minimum absolute atomic E-state index is 0.198. The summed E-state index contributed by atoms with van der Waals surface area (Å²) >= 11 is 3.36. The number of nitrogens with one attached hydrogen (secondary N) is 1. The number of nitrogens with zero attached hydrogens (tertiary/aromatic N) is 4. The van der Waals surface area contributed by atoms with Crippen LogP contribution in [0.2, 0.25) is 0 Å². The fourth-order valence-electron chi connectivity index (χ4n) is 2.88. The maximum atomic E-state index is 13.6. The summed E-state index contributed by atoms with van der Waals surface area (Å²) in [6, 6.07) is 14.5. The number of hydrogen-bond acceptors (Lipinski definition) is 6. The lowest BCUT2D eigenvalue weighted by molar-refractivity contribution is 0.0945. The Balaban J connectivity index is 1.41. The van der Waals surface area contributed by atoms with Crippen LogP contribution in [0.4, 0.5) is 4.39 Å². The number of carbonyl (C=O) groups excluding carboxylic acids is 1. The Kier molecular flexibility index (Phi) is 6.08. The van der Waals surface area contributed by atoms with Gasteiger partial charge in [-0.25, -0.2) is 4.39 Å². The lowest BCUT2D eigenvalue weighted by atomic mass is 10.2. The highest BCUT2D eigenvalue weighted by atomic mass is 79.9. The van der Waals surface area contributed by atoms with E-state index in [4.69, 9.17) is 9.47 Å². The van der Waals surface area contributed by atoms with Crippen molar-refractivity contribution < 1.29 is 18.7 Å². The molecular weight excluding hydrogens is 469 g/mol. The van der Waals surface area contributed by atoms with Gasteiger partial charge in [-0.1, -0.05) is 12.1 Å². The molecule has 8 nitrogen and oxygen atoms in total. The first-order chi connectivity index (χ1) is 15.0. The largest absolute Gasteiger partial charge is 0.497 e. The van der Waals surface area contributed by atoms with Gasteiger partial charge in [0.1, 0.15) is 18.2 Å². The van der Waals surface area contributed by atoms with Gasteiger partial charge in [0.15, 0.2) is 11.5 Å². The van der Waals surface area contributed by atoms with Crippen molar-refractivity contribution in [3.63, 3.8) is 0 Å². The molecule has 158 valence electrons. The van der Waals surface area contributed by atoms with E-state index < -0.39 is 0 Å². The highest BCUT2D eigenvalue weighted by Crippen LogP contribution is 2.22. The first kappa shape index (κ1) is 20.7. The fraction of sp³-hybridized carbons (Fsp3) is 0.143. The number of amides is 1. The van der Waals surface area contributed by atoms with Crippen LogP contribution >= 0.6 is 15.9 Å². The van der Waals surface area contributed by atoms with Gasteiger partial charge in [-0.05, 0) is 52.3 Å². The van der Waals surface area contributed by atoms with E-state index in [0.29, 0.717) is 38.7 Å². The molecule has 0 aliphatic rings. The summed E-state index contributed by atoms with van der Waals surface area (Å²) in [6.45, 7) is 0.463. The summed E-state index contributed by atoms with van der Waals surface area (Å²) in [5.41, 5.74) is 1.51. The maximum absolute atomic E-state index is 13.6. The molecule has 0 bridgehead atoms. The van der Waals surface area contributed by atoms with E-state index >= 15 is 0 Å². The molecule has 31 heavy (non-hydrogen) atoms. The Morgan fingerprint density at radius 3 is 2.84 bits per heavy atom. The molecule has 0 fully saturated rings. The smallest absolute Gasteiger partial charge is 0.252 e. The second-order valence-electron chi connectivity index (χ2n) is 6.43. The van der Waals surface area contributed by atoms with Gasteiger partial charge in [0.2, 0.25) is 5.88 Å². The molecule has 0 spiro atoms. The van der Waals surface area contributed by atoms with E-state index in [-0.39, 0.29) is 24.9 Å². The average Bonchev–Trinajstić information content (AvgIpc) is 3.20. The zero-order chi connectivity index (χ0) is 21.8. The van der Waals surface area contributed by atoms with Gasteiger partial charge in [-0.15, -0.1) is 15.3 Å². The molecule has 10 heteroatoms. The van der Waals surface area contributed by atoms with Gasteiger partial charge in [-0.2, -0.15) is 4.52 Å². The van der Waals surface area contributed by atoms with Crippen molar-refractivity contribution >= 4 is 27.5 Å². The Labute approximate surface area is 185 Å². The average molecular weight is 486 g/mol. The molecule has 2 aromatic heterocycles. The summed E-state index contributed by atoms with van der Waals surface area (Å²) in [5.74, 6) is 0.674. The number of benzene rings is 2. The zero-order valence-corrected chi connectivity index (χ0v) is 18.0. The molecule has 1 amide bonds. The van der Waals surface area contributed by atoms with Crippen molar-refractivity contribution in [3.8, 4) is 23.0 Å². The van der Waals surface area contributed by atoms with Crippen molar-refractivity contribution in [2.45, 2.75) is 0 Å². The van der Waals surface area contributed by atoms with Gasteiger partial charge in [0.05, 0.1) is 19.2 Å². The number of rotatable bonds is 7. The standard InChI is InChI=1S/C21H17BrFN5O3/c1-30-15-5-6-17(22)16(12-15)21(29)24-9-10-31-19-8-7-18-25-26-20(28(18)27-19)13-3-2-4-14(23)11-13/h2-8,11-12H,9-10H2,1H3,(H,24,29). The van der Waals surface area contributed by atoms with E-state index in [9.17, 15) is 9.18 Å². The topological polar surface area (TPSA) is 90.6 Å². The van der Waals surface area contributed by atoms with Crippen LogP contribution in [-0.2, 0) is 0 Å². The van der Waals surface area contributed by atoms with Crippen molar-refractivity contribution in [1.29, 1.82) is 0 Å². The summed E-state index contributed by atoms with van der Waals surface area (Å²) in [4.78, 5) is 12.4. The number of methoxy groups -OCH3 is 1. The van der Waals surface area contributed by atoms with Crippen molar-refractivity contribution in [1.82, 2.24) is 25.1 Å². The predicted octanol–water partition coefficient (Wildman–Crippen LogP) is 3.51. The van der Waals surface area contributed by atoms with E-state index in [1.807, 2.05) is 0 Å². The van der Waals surface area contributed by atoms with Gasteiger partial charge in [0, 0.05) is 16.1 Å². The number of halogens is 2. The van der Waals surface area contributed by atoms with Gasteiger partial charge in [0.25, 0.3) is 5.91 Å². The third-order valence-electron chi connectivity index (χ3n) is 4.38. The normalized spacial score (nSPS) is 10.8. The van der Waals surface area contributed by atoms with Gasteiger partial charge < -0.3 is 14.8 Å². The third kappa shape index (κ3) is 4.64. The number of carbonyl (C=O) groups is 1. The predicted molar refractivity (Wildman–Crippen MR) is 115 cm³/mol. The van der Waals surface area contributed by atoms with E-state index in [0.717, 1.165) is 0 Å².